The average Bonchev–Trinajstić information content (AvgIpc) is 3.57. The Bertz CT molecular complexity index is 1240. The van der Waals surface area contributed by atoms with Crippen LogP contribution in [0.15, 0.2) is 63.1 Å². The first-order valence-corrected chi connectivity index (χ1v) is 13.4. The summed E-state index contributed by atoms with van der Waals surface area (Å²) in [6.45, 7) is 1.80. The number of rotatable bonds is 7. The molecule has 0 bridgehead atoms. The van der Waals surface area contributed by atoms with Crippen LogP contribution in [0.4, 0.5) is 8.78 Å². The minimum absolute atomic E-state index is 0.00901. The Morgan fingerprint density at radius 1 is 1.39 bits per heavy atom. The molecule has 3 unspecified atom stereocenters. The predicted molar refractivity (Wildman–Crippen MR) is 140 cm³/mol. The van der Waals surface area contributed by atoms with Crippen molar-refractivity contribution < 1.29 is 13.9 Å². The lowest BCUT2D eigenvalue weighted by Gasteiger charge is -2.35. The van der Waals surface area contributed by atoms with Crippen LogP contribution in [0.3, 0.4) is 0 Å². The summed E-state index contributed by atoms with van der Waals surface area (Å²) < 4.78 is 27.4. The predicted octanol–water partition coefficient (Wildman–Crippen LogP) is 6.07. The smallest absolute Gasteiger partial charge is 0.124 e. The number of amidine groups is 1. The molecule has 1 aromatic rings. The summed E-state index contributed by atoms with van der Waals surface area (Å²) in [7, 11) is 0. The Morgan fingerprint density at radius 2 is 2.22 bits per heavy atom. The van der Waals surface area contributed by atoms with Crippen molar-refractivity contribution in [1.29, 1.82) is 5.26 Å². The van der Waals surface area contributed by atoms with Crippen molar-refractivity contribution in [3.63, 3.8) is 0 Å². The first-order valence-electron chi connectivity index (χ1n) is 12.1. The number of hydrogen-bond donors (Lipinski definition) is 1. The number of allylic oxidation sites excluding steroid dienone is 2. The average molecular weight is 529 g/mol. The topological polar surface area (TPSA) is 72.0 Å². The van der Waals surface area contributed by atoms with Crippen LogP contribution in [0.25, 0.3) is 0 Å². The molecule has 0 aliphatic carbocycles. The largest absolute Gasteiger partial charge is 0.387 e. The number of nitriles is 1. The molecule has 0 amide bonds. The van der Waals surface area contributed by atoms with Gasteiger partial charge in [0.15, 0.2) is 0 Å². The first-order chi connectivity index (χ1) is 17.3. The van der Waals surface area contributed by atoms with Crippen LogP contribution in [0.2, 0.25) is 5.02 Å². The third-order valence-electron chi connectivity index (χ3n) is 6.96. The Hall–Kier alpha value is -2.47. The monoisotopic (exact) mass is 528 g/mol. The molecule has 5 nitrogen and oxygen atoms in total. The van der Waals surface area contributed by atoms with Gasteiger partial charge in [-0.1, -0.05) is 29.8 Å². The Kier molecular flexibility index (Phi) is 7.08. The number of thioether (sulfide) groups is 1. The molecule has 5 atom stereocenters. The summed E-state index contributed by atoms with van der Waals surface area (Å²) in [5, 5.41) is 23.1. The second-order valence-electron chi connectivity index (χ2n) is 9.77. The van der Waals surface area contributed by atoms with E-state index in [1.165, 1.54) is 12.1 Å². The van der Waals surface area contributed by atoms with E-state index in [0.717, 1.165) is 23.5 Å². The van der Waals surface area contributed by atoms with Gasteiger partial charge < -0.3 is 10.0 Å². The van der Waals surface area contributed by atoms with Gasteiger partial charge in [-0.05, 0) is 49.8 Å². The number of aliphatic hydroxyl groups is 1. The van der Waals surface area contributed by atoms with Crippen LogP contribution in [0.5, 0.6) is 0 Å². The molecule has 1 fully saturated rings. The van der Waals surface area contributed by atoms with Gasteiger partial charge in [0.25, 0.3) is 0 Å². The summed E-state index contributed by atoms with van der Waals surface area (Å²) in [4.78, 5) is 12.1. The van der Waals surface area contributed by atoms with E-state index in [9.17, 15) is 19.1 Å². The summed E-state index contributed by atoms with van der Waals surface area (Å²) in [5.74, 6) is 0.381. The zero-order valence-corrected chi connectivity index (χ0v) is 21.4. The molecule has 0 saturated carbocycles. The van der Waals surface area contributed by atoms with Crippen molar-refractivity contribution in [3.8, 4) is 6.07 Å². The lowest BCUT2D eigenvalue weighted by Crippen LogP contribution is -2.41. The van der Waals surface area contributed by atoms with E-state index >= 15 is 0 Å². The lowest BCUT2D eigenvalue weighted by atomic mass is 9.89. The minimum Gasteiger partial charge on any atom is -0.387 e. The van der Waals surface area contributed by atoms with Crippen LogP contribution in [0, 0.1) is 17.1 Å². The van der Waals surface area contributed by atoms with Crippen molar-refractivity contribution in [3.05, 3.63) is 69.5 Å². The highest BCUT2D eigenvalue weighted by atomic mass is 35.5. The third-order valence-corrected chi connectivity index (χ3v) is 8.37. The molecule has 9 heteroatoms. The number of halogens is 3. The van der Waals surface area contributed by atoms with Crippen molar-refractivity contribution >= 4 is 34.9 Å². The Balaban J connectivity index is 1.64. The molecule has 4 heterocycles. The highest BCUT2D eigenvalue weighted by Crippen LogP contribution is 2.47. The quantitative estimate of drug-likeness (QED) is 0.466. The van der Waals surface area contributed by atoms with Gasteiger partial charge in [0.05, 0.1) is 42.2 Å². The maximum absolute atomic E-state index is 14.0. The van der Waals surface area contributed by atoms with Crippen LogP contribution in [0.1, 0.15) is 50.6 Å². The number of alkyl halides is 1. The van der Waals surface area contributed by atoms with Crippen LogP contribution < -0.4 is 0 Å². The maximum Gasteiger partial charge on any atom is 0.124 e. The third kappa shape index (κ3) is 4.89. The zero-order chi connectivity index (χ0) is 25.4. The molecule has 4 aliphatic rings. The van der Waals surface area contributed by atoms with E-state index in [0.29, 0.717) is 24.1 Å². The van der Waals surface area contributed by atoms with Crippen LogP contribution in [-0.2, 0) is 0 Å². The van der Waals surface area contributed by atoms with Gasteiger partial charge in [-0.3, -0.25) is 9.98 Å². The van der Waals surface area contributed by atoms with Gasteiger partial charge in [-0.25, -0.2) is 8.78 Å². The van der Waals surface area contributed by atoms with Gasteiger partial charge >= 0.3 is 0 Å². The van der Waals surface area contributed by atoms with Crippen molar-refractivity contribution in [1.82, 2.24) is 4.90 Å². The number of benzene rings is 1. The van der Waals surface area contributed by atoms with Gasteiger partial charge in [0, 0.05) is 28.3 Å². The Labute approximate surface area is 218 Å². The molecule has 36 heavy (non-hydrogen) atoms. The van der Waals surface area contributed by atoms with E-state index in [1.807, 2.05) is 22.5 Å². The second-order valence-corrected chi connectivity index (χ2v) is 11.3. The molecule has 0 spiro atoms. The maximum atomic E-state index is 14.0. The van der Waals surface area contributed by atoms with Crippen molar-refractivity contribution in [2.24, 2.45) is 9.98 Å². The fourth-order valence-electron chi connectivity index (χ4n) is 5.23. The summed E-state index contributed by atoms with van der Waals surface area (Å²) >= 11 is 8.21. The van der Waals surface area contributed by atoms with E-state index in [-0.39, 0.29) is 35.7 Å². The van der Waals surface area contributed by atoms with Gasteiger partial charge in [0.1, 0.15) is 23.3 Å². The molecule has 4 aliphatic heterocycles. The van der Waals surface area contributed by atoms with E-state index < -0.39 is 23.6 Å². The highest BCUT2D eigenvalue weighted by molar-refractivity contribution is 8.03. The first kappa shape index (κ1) is 25.2. The molecule has 188 valence electrons. The molecular weight excluding hydrogens is 502 g/mol. The summed E-state index contributed by atoms with van der Waals surface area (Å²) in [6.07, 6.45) is 7.13. The molecule has 1 saturated heterocycles. The second kappa shape index (κ2) is 10.1. The SMILES string of the molecule is C[C@@H](F)CCC1C=CC(C2=C3CC(O)(CC#N)CN3C(C3CC=CS3)=N[C@H]2c2ccc(F)cc2Cl)=N1. The standard InChI is InChI=1S/C27H27ClF2N4OS/c1-16(29)4-6-18-7-9-21(32-18)24-22-14-27(35,10-11-31)15-34(22)26(23-3-2-12-36-23)33-25(24)19-8-5-17(30)13-20(19)28/h2,5,7-9,12-13,16,18,23,25,35H,3-4,6,10,14-15H2,1H3/t16-,18?,23?,25+,27?/m1/s1. The van der Waals surface area contributed by atoms with E-state index in [2.05, 4.69) is 12.1 Å². The number of nitrogens with zero attached hydrogens (tertiary/aromatic N) is 4. The molecular formula is C27H27ClF2N4OS. The molecule has 5 rings (SSSR count). The zero-order valence-electron chi connectivity index (χ0n) is 19.9. The van der Waals surface area contributed by atoms with Crippen LogP contribution >= 0.6 is 23.4 Å². The molecule has 0 aromatic heterocycles. The summed E-state index contributed by atoms with van der Waals surface area (Å²) in [5.41, 5.74) is 1.79. The number of hydrogen-bond acceptors (Lipinski definition) is 6. The fraction of sp³-hybridized carbons (Fsp3) is 0.444. The van der Waals surface area contributed by atoms with Gasteiger partial charge in [-0.2, -0.15) is 5.26 Å². The van der Waals surface area contributed by atoms with Crippen LogP contribution in [-0.4, -0.2) is 51.2 Å². The minimum atomic E-state index is -1.22. The number of aliphatic imine (C=N–C) groups is 2. The van der Waals surface area contributed by atoms with E-state index in [1.54, 1.807) is 24.8 Å². The van der Waals surface area contributed by atoms with Gasteiger partial charge in [0.2, 0.25) is 0 Å². The summed E-state index contributed by atoms with van der Waals surface area (Å²) in [6, 6.07) is 5.73. The fourth-order valence-corrected chi connectivity index (χ4v) is 6.45. The lowest BCUT2D eigenvalue weighted by molar-refractivity contribution is 0.0605. The van der Waals surface area contributed by atoms with Gasteiger partial charge in [-0.15, -0.1) is 11.8 Å². The number of fused-ring (bicyclic) bond motifs is 1. The highest BCUT2D eigenvalue weighted by Gasteiger charge is 2.48. The Morgan fingerprint density at radius 3 is 2.92 bits per heavy atom. The molecule has 1 N–H and O–H groups in total. The van der Waals surface area contributed by atoms with Crippen molar-refractivity contribution in [2.45, 2.75) is 68.1 Å². The molecule has 1 aromatic carbocycles. The normalized spacial score (nSPS) is 29.9. The van der Waals surface area contributed by atoms with E-state index in [4.69, 9.17) is 21.6 Å². The van der Waals surface area contributed by atoms with Crippen molar-refractivity contribution in [2.75, 3.05) is 6.54 Å². The molecule has 0 radical (unpaired) electrons.